The smallest absolute Gasteiger partial charge is 0.237 e. The van der Waals surface area contributed by atoms with Gasteiger partial charge in [-0.1, -0.05) is 0 Å². The van der Waals surface area contributed by atoms with Crippen LogP contribution >= 0.6 is 0 Å². The molecule has 0 spiro atoms. The van der Waals surface area contributed by atoms with Crippen molar-refractivity contribution in [1.29, 1.82) is 0 Å². The van der Waals surface area contributed by atoms with Crippen molar-refractivity contribution in [2.45, 2.75) is 45.2 Å². The molecule has 2 fully saturated rings. The molecule has 1 amide bonds. The molecule has 0 radical (unpaired) electrons. The van der Waals surface area contributed by atoms with Gasteiger partial charge in [0.05, 0.1) is 6.54 Å². The maximum atomic E-state index is 12.7. The molecule has 5 heteroatoms. The van der Waals surface area contributed by atoms with Gasteiger partial charge in [-0.15, -0.1) is 0 Å². The molecule has 0 unspecified atom stereocenters. The van der Waals surface area contributed by atoms with Crippen LogP contribution in [0.3, 0.4) is 0 Å². The molecular formula is C19H29N3O2. The topological polar surface area (TPSA) is 47.0 Å². The minimum absolute atomic E-state index is 0.285. The van der Waals surface area contributed by atoms with E-state index in [1.807, 2.05) is 12.1 Å². The number of benzene rings is 1. The number of phenols is 1. The van der Waals surface area contributed by atoms with Crippen molar-refractivity contribution >= 4 is 11.6 Å². The number of piperidine rings is 1. The van der Waals surface area contributed by atoms with Crippen LogP contribution in [0.4, 0.5) is 5.69 Å². The van der Waals surface area contributed by atoms with Crippen molar-refractivity contribution in [2.24, 2.45) is 0 Å². The Bertz CT molecular complexity index is 542. The summed E-state index contributed by atoms with van der Waals surface area (Å²) in [5.74, 6) is 0.584. The summed E-state index contributed by atoms with van der Waals surface area (Å²) in [5.41, 5.74) is 1.14. The molecule has 2 saturated heterocycles. The molecule has 0 aromatic heterocycles. The van der Waals surface area contributed by atoms with Crippen LogP contribution in [-0.2, 0) is 4.79 Å². The van der Waals surface area contributed by atoms with Gasteiger partial charge in [-0.2, -0.15) is 0 Å². The minimum atomic E-state index is 0.285. The molecule has 0 saturated carbocycles. The monoisotopic (exact) mass is 331 g/mol. The zero-order valence-electron chi connectivity index (χ0n) is 14.8. The van der Waals surface area contributed by atoms with Crippen LogP contribution in [0.5, 0.6) is 5.75 Å². The molecule has 3 rings (SSSR count). The van der Waals surface area contributed by atoms with Crippen molar-refractivity contribution in [1.82, 2.24) is 9.80 Å². The van der Waals surface area contributed by atoms with E-state index in [4.69, 9.17) is 0 Å². The van der Waals surface area contributed by atoms with Crippen LogP contribution in [-0.4, -0.2) is 65.6 Å². The van der Waals surface area contributed by atoms with E-state index in [0.29, 0.717) is 24.4 Å². The zero-order valence-corrected chi connectivity index (χ0v) is 14.8. The summed E-state index contributed by atoms with van der Waals surface area (Å²) in [6, 6.07) is 8.11. The molecule has 1 aromatic rings. The molecule has 2 aliphatic heterocycles. The number of aromatic hydroxyl groups is 1. The lowest BCUT2D eigenvalue weighted by Crippen LogP contribution is -2.54. The molecule has 2 heterocycles. The summed E-state index contributed by atoms with van der Waals surface area (Å²) in [6.07, 6.45) is 3.49. The van der Waals surface area contributed by atoms with E-state index >= 15 is 0 Å². The highest BCUT2D eigenvalue weighted by molar-refractivity contribution is 5.79. The standard InChI is InChI=1S/C19H29N3O2/c1-15-4-3-5-16(2)22(15)19(24)14-20-10-12-21(13-11-20)17-6-8-18(23)9-7-17/h6-9,15-16,23H,3-5,10-14H2,1-2H3/t15-,16-/m0/s1. The Morgan fingerprint density at radius 2 is 1.62 bits per heavy atom. The first-order valence-electron chi connectivity index (χ1n) is 9.12. The van der Waals surface area contributed by atoms with E-state index in [9.17, 15) is 9.90 Å². The first-order valence-corrected chi connectivity index (χ1v) is 9.12. The number of piperazine rings is 1. The van der Waals surface area contributed by atoms with E-state index in [-0.39, 0.29) is 5.91 Å². The van der Waals surface area contributed by atoms with Crippen molar-refractivity contribution in [3.8, 4) is 5.75 Å². The molecule has 5 nitrogen and oxygen atoms in total. The SMILES string of the molecule is C[C@H]1CCC[C@H](C)N1C(=O)CN1CCN(c2ccc(O)cc2)CC1. The molecule has 0 bridgehead atoms. The summed E-state index contributed by atoms with van der Waals surface area (Å²) in [5, 5.41) is 9.39. The fourth-order valence-electron chi connectivity index (χ4n) is 4.01. The molecule has 1 aromatic carbocycles. The Balaban J connectivity index is 1.51. The number of carbonyl (C=O) groups is 1. The second kappa shape index (κ2) is 7.43. The summed E-state index contributed by atoms with van der Waals surface area (Å²) in [4.78, 5) is 19.4. The summed E-state index contributed by atoms with van der Waals surface area (Å²) < 4.78 is 0. The van der Waals surface area contributed by atoms with Crippen molar-refractivity contribution in [3.63, 3.8) is 0 Å². The van der Waals surface area contributed by atoms with Crippen LogP contribution in [0.1, 0.15) is 33.1 Å². The quantitative estimate of drug-likeness (QED) is 0.923. The van der Waals surface area contributed by atoms with Gasteiger partial charge < -0.3 is 14.9 Å². The molecule has 1 N–H and O–H groups in total. The van der Waals surface area contributed by atoms with Gasteiger partial charge in [0.15, 0.2) is 0 Å². The van der Waals surface area contributed by atoms with Crippen molar-refractivity contribution in [3.05, 3.63) is 24.3 Å². The number of anilines is 1. The number of amides is 1. The lowest BCUT2D eigenvalue weighted by molar-refractivity contribution is -0.138. The second-order valence-corrected chi connectivity index (χ2v) is 7.21. The molecular weight excluding hydrogens is 302 g/mol. The zero-order chi connectivity index (χ0) is 17.1. The highest BCUT2D eigenvalue weighted by atomic mass is 16.3. The number of rotatable bonds is 3. The Labute approximate surface area is 144 Å². The molecule has 24 heavy (non-hydrogen) atoms. The third-order valence-electron chi connectivity index (χ3n) is 5.43. The van der Waals surface area contributed by atoms with Crippen molar-refractivity contribution in [2.75, 3.05) is 37.6 Å². The third kappa shape index (κ3) is 3.83. The normalized spacial score (nSPS) is 25.8. The highest BCUT2D eigenvalue weighted by Crippen LogP contribution is 2.23. The van der Waals surface area contributed by atoms with E-state index in [2.05, 4.69) is 28.5 Å². The number of nitrogens with zero attached hydrogens (tertiary/aromatic N) is 3. The van der Waals surface area contributed by atoms with Crippen LogP contribution in [0.2, 0.25) is 0 Å². The lowest BCUT2D eigenvalue weighted by Gasteiger charge is -2.41. The fraction of sp³-hybridized carbons (Fsp3) is 0.632. The Hall–Kier alpha value is -1.75. The van der Waals surface area contributed by atoms with Gasteiger partial charge in [0.1, 0.15) is 5.75 Å². The second-order valence-electron chi connectivity index (χ2n) is 7.21. The van der Waals surface area contributed by atoms with Gasteiger partial charge in [-0.25, -0.2) is 0 Å². The molecule has 0 aliphatic carbocycles. The first kappa shape index (κ1) is 17.1. The summed E-state index contributed by atoms with van der Waals surface area (Å²) >= 11 is 0. The molecule has 2 aliphatic rings. The average molecular weight is 331 g/mol. The average Bonchev–Trinajstić information content (AvgIpc) is 2.56. The van der Waals surface area contributed by atoms with Crippen LogP contribution in [0.25, 0.3) is 0 Å². The van der Waals surface area contributed by atoms with E-state index < -0.39 is 0 Å². The Morgan fingerprint density at radius 3 is 2.21 bits per heavy atom. The molecule has 2 atom stereocenters. The minimum Gasteiger partial charge on any atom is -0.508 e. The van der Waals surface area contributed by atoms with E-state index in [1.54, 1.807) is 12.1 Å². The molecule has 132 valence electrons. The Morgan fingerprint density at radius 1 is 1.04 bits per heavy atom. The number of carbonyl (C=O) groups excluding carboxylic acids is 1. The predicted molar refractivity (Wildman–Crippen MR) is 96.4 cm³/mol. The number of hydrogen-bond acceptors (Lipinski definition) is 4. The van der Waals surface area contributed by atoms with E-state index in [0.717, 1.165) is 44.7 Å². The number of phenolic OH excluding ortho intramolecular Hbond substituents is 1. The Kier molecular flexibility index (Phi) is 5.29. The van der Waals surface area contributed by atoms with Crippen molar-refractivity contribution < 1.29 is 9.90 Å². The van der Waals surface area contributed by atoms with Crippen LogP contribution in [0.15, 0.2) is 24.3 Å². The van der Waals surface area contributed by atoms with Gasteiger partial charge >= 0.3 is 0 Å². The summed E-state index contributed by atoms with van der Waals surface area (Å²) in [7, 11) is 0. The van der Waals surface area contributed by atoms with Crippen LogP contribution in [0, 0.1) is 0 Å². The van der Waals surface area contributed by atoms with Gasteiger partial charge in [-0.3, -0.25) is 9.69 Å². The van der Waals surface area contributed by atoms with Gasteiger partial charge in [0, 0.05) is 44.0 Å². The number of likely N-dealkylation sites (tertiary alicyclic amines) is 1. The van der Waals surface area contributed by atoms with E-state index in [1.165, 1.54) is 6.42 Å². The fourth-order valence-corrected chi connectivity index (χ4v) is 4.01. The maximum Gasteiger partial charge on any atom is 0.237 e. The first-order chi connectivity index (χ1) is 11.5. The highest BCUT2D eigenvalue weighted by Gasteiger charge is 2.30. The maximum absolute atomic E-state index is 12.7. The largest absolute Gasteiger partial charge is 0.508 e. The predicted octanol–water partition coefficient (Wildman–Crippen LogP) is 2.30. The lowest BCUT2D eigenvalue weighted by atomic mass is 9.97. The van der Waals surface area contributed by atoms with Gasteiger partial charge in [-0.05, 0) is 57.4 Å². The van der Waals surface area contributed by atoms with Crippen LogP contribution < -0.4 is 4.90 Å². The number of hydrogen-bond donors (Lipinski definition) is 1. The third-order valence-corrected chi connectivity index (χ3v) is 5.43. The van der Waals surface area contributed by atoms with Gasteiger partial charge in [0.25, 0.3) is 0 Å². The van der Waals surface area contributed by atoms with Gasteiger partial charge in [0.2, 0.25) is 5.91 Å². The summed E-state index contributed by atoms with van der Waals surface area (Å²) in [6.45, 7) is 8.55.